The second-order valence-corrected chi connectivity index (χ2v) is 7.68. The maximum atomic E-state index is 12.5. The number of halogens is 1. The standard InChI is InChI=1S/C23H20ClN5O/c1-4-5-18(30)13-20-23-28-27-14(2)29(23)21-11-10-17(25-3)12-19(21)22(26-20)15-6-8-16(24)9-7-15/h6-12,20H,4-5,13H2,1-2H3/t20-/m0/s1. The average Bonchev–Trinajstić information content (AvgIpc) is 3.06. The summed E-state index contributed by atoms with van der Waals surface area (Å²) in [5, 5.41) is 9.25. The Morgan fingerprint density at radius 1 is 1.20 bits per heavy atom. The number of benzene rings is 2. The van der Waals surface area contributed by atoms with Gasteiger partial charge in [-0.3, -0.25) is 14.4 Å². The van der Waals surface area contributed by atoms with Crippen LogP contribution >= 0.6 is 11.6 Å². The lowest BCUT2D eigenvalue weighted by atomic mass is 9.99. The van der Waals surface area contributed by atoms with Crippen LogP contribution in [0, 0.1) is 13.5 Å². The normalized spacial score (nSPS) is 14.9. The van der Waals surface area contributed by atoms with Crippen LogP contribution in [0.1, 0.15) is 55.0 Å². The van der Waals surface area contributed by atoms with Gasteiger partial charge in [0.25, 0.3) is 0 Å². The molecule has 1 aromatic heterocycles. The van der Waals surface area contributed by atoms with E-state index < -0.39 is 6.04 Å². The van der Waals surface area contributed by atoms with E-state index in [1.807, 2.05) is 54.8 Å². The number of Topliss-reactive ketones (excluding diaryl/α,β-unsaturated/α-hetero) is 1. The molecule has 0 amide bonds. The quantitative estimate of drug-likeness (QED) is 0.520. The SMILES string of the molecule is [C-]#[N+]c1ccc2c(c1)C(c1ccc(Cl)cc1)=N[C@@H](CC(=O)CCC)c1nnc(C)n1-2. The summed E-state index contributed by atoms with van der Waals surface area (Å²) in [6.45, 7) is 11.3. The predicted molar refractivity (Wildman–Crippen MR) is 117 cm³/mol. The average molecular weight is 418 g/mol. The molecule has 2 aromatic carbocycles. The van der Waals surface area contributed by atoms with Gasteiger partial charge in [-0.1, -0.05) is 36.7 Å². The molecule has 7 heteroatoms. The monoisotopic (exact) mass is 417 g/mol. The van der Waals surface area contributed by atoms with E-state index in [2.05, 4.69) is 15.0 Å². The van der Waals surface area contributed by atoms with Crippen molar-refractivity contribution in [2.75, 3.05) is 0 Å². The van der Waals surface area contributed by atoms with E-state index in [0.717, 1.165) is 23.2 Å². The highest BCUT2D eigenvalue weighted by Gasteiger charge is 2.29. The van der Waals surface area contributed by atoms with Crippen molar-refractivity contribution in [3.05, 3.63) is 81.7 Å². The number of rotatable bonds is 5. The van der Waals surface area contributed by atoms with Gasteiger partial charge in [-0.15, -0.1) is 10.2 Å². The van der Waals surface area contributed by atoms with E-state index in [1.165, 1.54) is 0 Å². The number of aryl methyl sites for hydroxylation is 1. The zero-order valence-electron chi connectivity index (χ0n) is 16.8. The first-order valence-corrected chi connectivity index (χ1v) is 10.2. The lowest BCUT2D eigenvalue weighted by molar-refractivity contribution is -0.119. The predicted octanol–water partition coefficient (Wildman–Crippen LogP) is 5.43. The van der Waals surface area contributed by atoms with E-state index in [1.54, 1.807) is 6.07 Å². The number of carbonyl (C=O) groups is 1. The molecule has 3 aromatic rings. The summed E-state index contributed by atoms with van der Waals surface area (Å²) < 4.78 is 1.94. The second kappa shape index (κ2) is 8.21. The number of fused-ring (bicyclic) bond motifs is 3. The maximum Gasteiger partial charge on any atom is 0.188 e. The molecule has 0 N–H and O–H groups in total. The van der Waals surface area contributed by atoms with Gasteiger partial charge in [-0.2, -0.15) is 0 Å². The van der Waals surface area contributed by atoms with Crippen LogP contribution in [-0.4, -0.2) is 26.3 Å². The molecule has 1 aliphatic heterocycles. The number of hydrogen-bond acceptors (Lipinski definition) is 4. The molecule has 0 bridgehead atoms. The van der Waals surface area contributed by atoms with Crippen molar-refractivity contribution in [3.8, 4) is 5.69 Å². The van der Waals surface area contributed by atoms with Gasteiger partial charge < -0.3 is 0 Å². The maximum absolute atomic E-state index is 12.5. The Bertz CT molecular complexity index is 1190. The highest BCUT2D eigenvalue weighted by atomic mass is 35.5. The van der Waals surface area contributed by atoms with Gasteiger partial charge in [0.1, 0.15) is 17.6 Å². The number of ketones is 1. The van der Waals surface area contributed by atoms with E-state index >= 15 is 0 Å². The summed E-state index contributed by atoms with van der Waals surface area (Å²) in [5.41, 5.74) is 3.75. The summed E-state index contributed by atoms with van der Waals surface area (Å²) in [6.07, 6.45) is 1.55. The summed E-state index contributed by atoms with van der Waals surface area (Å²) in [6, 6.07) is 12.5. The third-order valence-corrected chi connectivity index (χ3v) is 5.36. The van der Waals surface area contributed by atoms with E-state index in [-0.39, 0.29) is 12.2 Å². The fourth-order valence-electron chi connectivity index (χ4n) is 3.72. The molecule has 2 heterocycles. The molecule has 0 fully saturated rings. The molecule has 6 nitrogen and oxygen atoms in total. The summed E-state index contributed by atoms with van der Waals surface area (Å²) >= 11 is 6.09. The molecular formula is C23H20ClN5O. The molecule has 0 unspecified atom stereocenters. The molecule has 0 spiro atoms. The fourth-order valence-corrected chi connectivity index (χ4v) is 3.85. The molecule has 4 rings (SSSR count). The van der Waals surface area contributed by atoms with E-state index in [9.17, 15) is 4.79 Å². The van der Waals surface area contributed by atoms with Gasteiger partial charge in [-0.25, -0.2) is 4.85 Å². The van der Waals surface area contributed by atoms with Gasteiger partial charge in [0.15, 0.2) is 11.5 Å². The van der Waals surface area contributed by atoms with Crippen molar-refractivity contribution in [2.24, 2.45) is 4.99 Å². The highest BCUT2D eigenvalue weighted by molar-refractivity contribution is 6.30. The molecule has 1 atom stereocenters. The van der Waals surface area contributed by atoms with Crippen molar-refractivity contribution in [1.82, 2.24) is 14.8 Å². The number of aliphatic imine (C=N–C) groups is 1. The molecule has 0 saturated heterocycles. The first kappa shape index (κ1) is 20.0. The number of hydrogen-bond donors (Lipinski definition) is 0. The van der Waals surface area contributed by atoms with Crippen LogP contribution < -0.4 is 0 Å². The van der Waals surface area contributed by atoms with Crippen LogP contribution in [0.15, 0.2) is 47.5 Å². The zero-order valence-corrected chi connectivity index (χ0v) is 17.5. The lowest BCUT2D eigenvalue weighted by Crippen LogP contribution is -2.11. The smallest absolute Gasteiger partial charge is 0.188 e. The van der Waals surface area contributed by atoms with Crippen LogP contribution in [0.5, 0.6) is 0 Å². The van der Waals surface area contributed by atoms with Gasteiger partial charge >= 0.3 is 0 Å². The minimum atomic E-state index is -0.459. The Labute approximate surface area is 180 Å². The molecule has 1 aliphatic rings. The third kappa shape index (κ3) is 3.64. The highest BCUT2D eigenvalue weighted by Crippen LogP contribution is 2.34. The largest absolute Gasteiger partial charge is 0.300 e. The molecule has 0 saturated carbocycles. The van der Waals surface area contributed by atoms with Crippen LogP contribution in [0.4, 0.5) is 5.69 Å². The van der Waals surface area contributed by atoms with Gasteiger partial charge in [0, 0.05) is 29.0 Å². The van der Waals surface area contributed by atoms with Gasteiger partial charge in [-0.05, 0) is 37.6 Å². The Kier molecular flexibility index (Phi) is 5.47. The van der Waals surface area contributed by atoms with Crippen molar-refractivity contribution in [2.45, 2.75) is 39.2 Å². The summed E-state index contributed by atoms with van der Waals surface area (Å²) in [7, 11) is 0. The molecule has 0 aliphatic carbocycles. The van der Waals surface area contributed by atoms with Crippen molar-refractivity contribution in [3.63, 3.8) is 0 Å². The lowest BCUT2D eigenvalue weighted by Gasteiger charge is -2.13. The van der Waals surface area contributed by atoms with Crippen molar-refractivity contribution in [1.29, 1.82) is 0 Å². The van der Waals surface area contributed by atoms with E-state index in [4.69, 9.17) is 23.2 Å². The minimum absolute atomic E-state index is 0.140. The second-order valence-electron chi connectivity index (χ2n) is 7.25. The van der Waals surface area contributed by atoms with Crippen molar-refractivity contribution >= 4 is 28.8 Å². The first-order chi connectivity index (χ1) is 14.5. The Morgan fingerprint density at radius 2 is 1.97 bits per heavy atom. The van der Waals surface area contributed by atoms with Crippen LogP contribution in [0.2, 0.25) is 5.02 Å². The third-order valence-electron chi connectivity index (χ3n) is 5.11. The summed E-state index contributed by atoms with van der Waals surface area (Å²) in [4.78, 5) is 21.1. The molecular weight excluding hydrogens is 398 g/mol. The van der Waals surface area contributed by atoms with Crippen LogP contribution in [-0.2, 0) is 4.79 Å². The Morgan fingerprint density at radius 3 is 2.67 bits per heavy atom. The molecule has 30 heavy (non-hydrogen) atoms. The van der Waals surface area contributed by atoms with Crippen LogP contribution in [0.25, 0.3) is 10.5 Å². The van der Waals surface area contributed by atoms with Gasteiger partial charge in [0.2, 0.25) is 0 Å². The first-order valence-electron chi connectivity index (χ1n) is 9.81. The number of nitrogens with zero attached hydrogens (tertiary/aromatic N) is 5. The Balaban J connectivity index is 1.97. The van der Waals surface area contributed by atoms with Crippen molar-refractivity contribution < 1.29 is 4.79 Å². The minimum Gasteiger partial charge on any atom is -0.300 e. The van der Waals surface area contributed by atoms with Gasteiger partial charge in [0.05, 0.1) is 18.0 Å². The zero-order chi connectivity index (χ0) is 21.3. The van der Waals surface area contributed by atoms with E-state index in [0.29, 0.717) is 34.5 Å². The molecule has 0 radical (unpaired) electrons. The topological polar surface area (TPSA) is 64.5 Å². The van der Waals surface area contributed by atoms with Crippen LogP contribution in [0.3, 0.4) is 0 Å². The fraction of sp³-hybridized carbons (Fsp3) is 0.261. The molecule has 150 valence electrons. The number of carbonyl (C=O) groups excluding carboxylic acids is 1. The Hall–Kier alpha value is -3.30. The number of aromatic nitrogens is 3. The summed E-state index contributed by atoms with van der Waals surface area (Å²) in [5.74, 6) is 1.49.